The standard InChI is InChI=1S/C13H9ClN2O2/c14-8-6-10-11(15-7-8)13(18)16(12(10)17)9-4-2-1-3-5-9/h1-7,12,17H/t12-/m1/s1. The number of halogens is 1. The van der Waals surface area contributed by atoms with Gasteiger partial charge in [0.05, 0.1) is 5.02 Å². The normalized spacial score (nSPS) is 18.0. The minimum absolute atomic E-state index is 0.246. The summed E-state index contributed by atoms with van der Waals surface area (Å²) in [6, 6.07) is 10.5. The number of hydrogen-bond donors (Lipinski definition) is 1. The molecule has 1 N–H and O–H groups in total. The number of hydrogen-bond acceptors (Lipinski definition) is 3. The van der Waals surface area contributed by atoms with Crippen molar-refractivity contribution >= 4 is 23.2 Å². The van der Waals surface area contributed by atoms with Crippen molar-refractivity contribution in [2.75, 3.05) is 4.90 Å². The third-order valence-electron chi connectivity index (χ3n) is 2.86. The van der Waals surface area contributed by atoms with Gasteiger partial charge in [-0.2, -0.15) is 0 Å². The Morgan fingerprint density at radius 1 is 1.28 bits per heavy atom. The van der Waals surface area contributed by atoms with E-state index < -0.39 is 6.23 Å². The fourth-order valence-electron chi connectivity index (χ4n) is 2.04. The van der Waals surface area contributed by atoms with Gasteiger partial charge in [0.25, 0.3) is 5.91 Å². The van der Waals surface area contributed by atoms with E-state index in [4.69, 9.17) is 11.6 Å². The Bertz CT molecular complexity index is 616. The van der Waals surface area contributed by atoms with E-state index in [2.05, 4.69) is 4.98 Å². The number of carbonyl (C=O) groups excluding carboxylic acids is 1. The number of fused-ring (bicyclic) bond motifs is 1. The Balaban J connectivity index is 2.10. The van der Waals surface area contributed by atoms with E-state index in [9.17, 15) is 9.90 Å². The number of anilines is 1. The second-order valence-electron chi connectivity index (χ2n) is 3.98. The van der Waals surface area contributed by atoms with Crippen LogP contribution in [0.15, 0.2) is 42.6 Å². The van der Waals surface area contributed by atoms with Crippen molar-refractivity contribution in [3.8, 4) is 0 Å². The van der Waals surface area contributed by atoms with E-state index in [0.717, 1.165) is 0 Å². The molecule has 5 heteroatoms. The molecular formula is C13H9ClN2O2. The Hall–Kier alpha value is -1.91. The average Bonchev–Trinajstić information content (AvgIpc) is 2.63. The summed E-state index contributed by atoms with van der Waals surface area (Å²) in [6.07, 6.45) is 0.362. The largest absolute Gasteiger partial charge is 0.369 e. The molecule has 90 valence electrons. The zero-order valence-electron chi connectivity index (χ0n) is 9.25. The highest BCUT2D eigenvalue weighted by atomic mass is 35.5. The highest BCUT2D eigenvalue weighted by Gasteiger charge is 2.37. The minimum atomic E-state index is -1.04. The maximum atomic E-state index is 12.2. The molecule has 18 heavy (non-hydrogen) atoms. The van der Waals surface area contributed by atoms with Crippen molar-refractivity contribution in [3.05, 3.63) is 58.9 Å². The van der Waals surface area contributed by atoms with Gasteiger partial charge in [0.1, 0.15) is 5.69 Å². The summed E-state index contributed by atoms with van der Waals surface area (Å²) < 4.78 is 0. The average molecular weight is 261 g/mol. The Morgan fingerprint density at radius 3 is 2.72 bits per heavy atom. The van der Waals surface area contributed by atoms with Gasteiger partial charge >= 0.3 is 0 Å². The first kappa shape index (κ1) is 11.2. The molecule has 1 aromatic carbocycles. The maximum Gasteiger partial charge on any atom is 0.279 e. The third kappa shape index (κ3) is 1.58. The number of benzene rings is 1. The van der Waals surface area contributed by atoms with Crippen LogP contribution in [0.2, 0.25) is 5.02 Å². The second-order valence-corrected chi connectivity index (χ2v) is 4.41. The van der Waals surface area contributed by atoms with Gasteiger partial charge in [0.2, 0.25) is 0 Å². The van der Waals surface area contributed by atoms with E-state index in [0.29, 0.717) is 16.3 Å². The molecule has 0 aliphatic carbocycles. The van der Waals surface area contributed by atoms with Crippen LogP contribution in [0.1, 0.15) is 22.3 Å². The molecule has 0 spiro atoms. The molecule has 0 fully saturated rings. The zero-order chi connectivity index (χ0) is 12.7. The van der Waals surface area contributed by atoms with E-state index in [1.807, 2.05) is 6.07 Å². The third-order valence-corrected chi connectivity index (χ3v) is 3.07. The molecule has 0 radical (unpaired) electrons. The van der Waals surface area contributed by atoms with Gasteiger partial charge in [-0.05, 0) is 18.2 Å². The van der Waals surface area contributed by atoms with Crippen LogP contribution >= 0.6 is 11.6 Å². The lowest BCUT2D eigenvalue weighted by Gasteiger charge is -2.20. The lowest BCUT2D eigenvalue weighted by Crippen LogP contribution is -2.27. The molecule has 0 saturated carbocycles. The zero-order valence-corrected chi connectivity index (χ0v) is 10.0. The summed E-state index contributed by atoms with van der Waals surface area (Å²) in [5.41, 5.74) is 1.32. The highest BCUT2D eigenvalue weighted by molar-refractivity contribution is 6.30. The first-order chi connectivity index (χ1) is 8.68. The molecule has 1 aromatic heterocycles. The van der Waals surface area contributed by atoms with Crippen LogP contribution in [0.5, 0.6) is 0 Å². The number of amides is 1. The van der Waals surface area contributed by atoms with Gasteiger partial charge in [0.15, 0.2) is 6.23 Å². The molecule has 0 saturated heterocycles. The molecule has 1 aliphatic rings. The fourth-order valence-corrected chi connectivity index (χ4v) is 2.21. The Labute approximate surface area is 108 Å². The molecule has 2 aromatic rings. The van der Waals surface area contributed by atoms with Crippen molar-refractivity contribution in [1.29, 1.82) is 0 Å². The molecule has 2 heterocycles. The van der Waals surface area contributed by atoms with Crippen LogP contribution in [0.25, 0.3) is 0 Å². The fraction of sp³-hybridized carbons (Fsp3) is 0.0769. The van der Waals surface area contributed by atoms with Crippen molar-refractivity contribution in [3.63, 3.8) is 0 Å². The highest BCUT2D eigenvalue weighted by Crippen LogP contribution is 2.35. The predicted octanol–water partition coefficient (Wildman–Crippen LogP) is 2.39. The van der Waals surface area contributed by atoms with Gasteiger partial charge in [-0.1, -0.05) is 29.8 Å². The first-order valence-electron chi connectivity index (χ1n) is 5.40. The molecule has 0 unspecified atom stereocenters. The van der Waals surface area contributed by atoms with Crippen LogP contribution in [0, 0.1) is 0 Å². The van der Waals surface area contributed by atoms with Gasteiger partial charge in [-0.25, -0.2) is 4.98 Å². The van der Waals surface area contributed by atoms with Gasteiger partial charge in [-0.15, -0.1) is 0 Å². The summed E-state index contributed by atoms with van der Waals surface area (Å²) in [5, 5.41) is 10.6. The van der Waals surface area contributed by atoms with Crippen molar-refractivity contribution < 1.29 is 9.90 Å². The number of aliphatic hydroxyl groups is 1. The monoisotopic (exact) mass is 260 g/mol. The van der Waals surface area contributed by atoms with E-state index in [-0.39, 0.29) is 11.6 Å². The van der Waals surface area contributed by atoms with E-state index in [1.165, 1.54) is 11.1 Å². The molecule has 4 nitrogen and oxygen atoms in total. The quantitative estimate of drug-likeness (QED) is 0.857. The Morgan fingerprint density at radius 2 is 2.00 bits per heavy atom. The summed E-state index contributed by atoms with van der Waals surface area (Å²) in [7, 11) is 0. The SMILES string of the molecule is O=C1c2ncc(Cl)cc2[C@@H](O)N1c1ccccc1. The number of rotatable bonds is 1. The predicted molar refractivity (Wildman–Crippen MR) is 67.5 cm³/mol. The summed E-state index contributed by atoms with van der Waals surface area (Å²) in [5.74, 6) is -0.319. The molecule has 1 atom stereocenters. The van der Waals surface area contributed by atoms with Crippen molar-refractivity contribution in [2.45, 2.75) is 6.23 Å². The number of nitrogens with zero attached hydrogens (tertiary/aromatic N) is 2. The minimum Gasteiger partial charge on any atom is -0.369 e. The molecule has 1 aliphatic heterocycles. The number of carbonyl (C=O) groups is 1. The van der Waals surface area contributed by atoms with Gasteiger partial charge in [-0.3, -0.25) is 9.69 Å². The summed E-state index contributed by atoms with van der Waals surface area (Å²) in [6.45, 7) is 0. The summed E-state index contributed by atoms with van der Waals surface area (Å²) >= 11 is 5.83. The lowest BCUT2D eigenvalue weighted by atomic mass is 10.2. The van der Waals surface area contributed by atoms with Crippen molar-refractivity contribution in [1.82, 2.24) is 4.98 Å². The van der Waals surface area contributed by atoms with Crippen LogP contribution in [-0.4, -0.2) is 16.0 Å². The first-order valence-corrected chi connectivity index (χ1v) is 5.78. The smallest absolute Gasteiger partial charge is 0.279 e. The van der Waals surface area contributed by atoms with Gasteiger partial charge < -0.3 is 5.11 Å². The van der Waals surface area contributed by atoms with Crippen LogP contribution in [0.4, 0.5) is 5.69 Å². The van der Waals surface area contributed by atoms with E-state index in [1.54, 1.807) is 30.3 Å². The number of aliphatic hydroxyl groups excluding tert-OH is 1. The Kier molecular flexibility index (Phi) is 2.54. The molecule has 0 bridgehead atoms. The number of para-hydroxylation sites is 1. The van der Waals surface area contributed by atoms with Crippen molar-refractivity contribution in [2.24, 2.45) is 0 Å². The van der Waals surface area contributed by atoms with E-state index >= 15 is 0 Å². The number of aromatic nitrogens is 1. The maximum absolute atomic E-state index is 12.2. The molecular weight excluding hydrogens is 252 g/mol. The van der Waals surface area contributed by atoms with Crippen LogP contribution in [0.3, 0.4) is 0 Å². The molecule has 1 amide bonds. The topological polar surface area (TPSA) is 53.4 Å². The molecule has 3 rings (SSSR count). The second kappa shape index (κ2) is 4.08. The lowest BCUT2D eigenvalue weighted by molar-refractivity contribution is 0.0932. The summed E-state index contributed by atoms with van der Waals surface area (Å²) in [4.78, 5) is 17.5. The van der Waals surface area contributed by atoms with Crippen LogP contribution < -0.4 is 4.90 Å². The number of pyridine rings is 1. The van der Waals surface area contributed by atoms with Crippen LogP contribution in [-0.2, 0) is 0 Å². The van der Waals surface area contributed by atoms with Gasteiger partial charge in [0, 0.05) is 17.4 Å².